The summed E-state index contributed by atoms with van der Waals surface area (Å²) in [5.74, 6) is 1.91. The molecule has 1 aromatic heterocycles. The van der Waals surface area contributed by atoms with Crippen molar-refractivity contribution >= 4 is 39.3 Å². The number of nitrogens with one attached hydrogen (secondary N) is 1. The van der Waals surface area contributed by atoms with Gasteiger partial charge in [-0.2, -0.15) is 0 Å². The summed E-state index contributed by atoms with van der Waals surface area (Å²) in [7, 11) is 1.65. The Hall–Kier alpha value is -2.32. The van der Waals surface area contributed by atoms with Crippen molar-refractivity contribution in [2.24, 2.45) is 0 Å². The number of methoxy groups -OCH3 is 1. The minimum Gasteiger partial charge on any atom is -0.497 e. The Balaban J connectivity index is 1.61. The highest BCUT2D eigenvalue weighted by atomic mass is 79.9. The van der Waals surface area contributed by atoms with Gasteiger partial charge in [0.15, 0.2) is 5.16 Å². The van der Waals surface area contributed by atoms with Crippen LogP contribution < -0.4 is 10.1 Å². The molecule has 6 nitrogen and oxygen atoms in total. The largest absolute Gasteiger partial charge is 0.497 e. The Bertz CT molecular complexity index is 926. The first-order chi connectivity index (χ1) is 13.6. The number of nitrogens with zero attached hydrogens (tertiary/aromatic N) is 3. The minimum absolute atomic E-state index is 0.0744. The van der Waals surface area contributed by atoms with Crippen LogP contribution >= 0.6 is 27.7 Å². The smallest absolute Gasteiger partial charge is 0.234 e. The van der Waals surface area contributed by atoms with E-state index < -0.39 is 0 Å². The van der Waals surface area contributed by atoms with Gasteiger partial charge in [0.05, 0.1) is 12.9 Å². The van der Waals surface area contributed by atoms with Crippen LogP contribution in [-0.4, -0.2) is 33.5 Å². The van der Waals surface area contributed by atoms with Crippen molar-refractivity contribution in [3.05, 3.63) is 64.4 Å². The molecule has 0 aliphatic rings. The fourth-order valence-electron chi connectivity index (χ4n) is 2.66. The van der Waals surface area contributed by atoms with E-state index in [4.69, 9.17) is 4.74 Å². The number of hydrogen-bond donors (Lipinski definition) is 1. The summed E-state index contributed by atoms with van der Waals surface area (Å²) in [5.41, 5.74) is 1.90. The number of ether oxygens (including phenoxy) is 1. The number of rotatable bonds is 8. The third-order valence-corrected chi connectivity index (χ3v) is 5.59. The predicted octanol–water partition coefficient (Wildman–Crippen LogP) is 4.39. The quantitative estimate of drug-likeness (QED) is 0.504. The molecule has 146 valence electrons. The predicted molar refractivity (Wildman–Crippen MR) is 115 cm³/mol. The molecule has 28 heavy (non-hydrogen) atoms. The fraction of sp³-hybridized carbons (Fsp3) is 0.250. The van der Waals surface area contributed by atoms with Crippen molar-refractivity contribution in [3.8, 4) is 5.75 Å². The lowest BCUT2D eigenvalue weighted by Crippen LogP contribution is -2.14. The Labute approximate surface area is 176 Å². The molecular weight excluding hydrogens is 440 g/mol. The van der Waals surface area contributed by atoms with Crippen molar-refractivity contribution in [2.75, 3.05) is 18.2 Å². The molecule has 0 radical (unpaired) electrons. The SMILES string of the molecule is CCn1c(Cc2ccc(OC)cc2)nnc1SCC(=O)Nc1ccc(Br)cc1. The van der Waals surface area contributed by atoms with E-state index in [0.717, 1.165) is 39.0 Å². The second-order valence-corrected chi connectivity index (χ2v) is 7.87. The van der Waals surface area contributed by atoms with Crippen molar-refractivity contribution < 1.29 is 9.53 Å². The maximum Gasteiger partial charge on any atom is 0.234 e. The average Bonchev–Trinajstić information content (AvgIpc) is 3.10. The van der Waals surface area contributed by atoms with Crippen LogP contribution in [0.25, 0.3) is 0 Å². The number of carbonyl (C=O) groups is 1. The molecule has 1 amide bonds. The minimum atomic E-state index is -0.0744. The summed E-state index contributed by atoms with van der Waals surface area (Å²) in [5, 5.41) is 12.2. The maximum atomic E-state index is 12.2. The van der Waals surface area contributed by atoms with Gasteiger partial charge in [0, 0.05) is 23.1 Å². The summed E-state index contributed by atoms with van der Waals surface area (Å²) in [6.45, 7) is 2.79. The number of halogens is 1. The summed E-state index contributed by atoms with van der Waals surface area (Å²) in [6.07, 6.45) is 0.677. The maximum absolute atomic E-state index is 12.2. The number of thioether (sulfide) groups is 1. The first-order valence-corrected chi connectivity index (χ1v) is 10.6. The van der Waals surface area contributed by atoms with E-state index in [1.165, 1.54) is 11.8 Å². The van der Waals surface area contributed by atoms with E-state index >= 15 is 0 Å². The Morgan fingerprint density at radius 3 is 2.50 bits per heavy atom. The lowest BCUT2D eigenvalue weighted by atomic mass is 10.1. The van der Waals surface area contributed by atoms with Gasteiger partial charge in [-0.15, -0.1) is 10.2 Å². The molecule has 0 atom stereocenters. The summed E-state index contributed by atoms with van der Waals surface area (Å²) in [4.78, 5) is 12.2. The molecule has 2 aromatic carbocycles. The molecular formula is C20H21BrN4O2S. The normalized spacial score (nSPS) is 10.7. The third-order valence-electron chi connectivity index (χ3n) is 4.09. The number of aromatic nitrogens is 3. The average molecular weight is 461 g/mol. The van der Waals surface area contributed by atoms with Gasteiger partial charge in [-0.1, -0.05) is 39.8 Å². The topological polar surface area (TPSA) is 69.0 Å². The molecule has 0 saturated carbocycles. The highest BCUT2D eigenvalue weighted by Crippen LogP contribution is 2.21. The number of benzene rings is 2. The van der Waals surface area contributed by atoms with E-state index in [-0.39, 0.29) is 11.7 Å². The van der Waals surface area contributed by atoms with E-state index in [2.05, 4.69) is 31.4 Å². The molecule has 0 aliphatic carbocycles. The molecule has 0 bridgehead atoms. The van der Waals surface area contributed by atoms with E-state index in [1.54, 1.807) is 7.11 Å². The molecule has 0 fully saturated rings. The molecule has 0 spiro atoms. The van der Waals surface area contributed by atoms with Crippen LogP contribution in [0.4, 0.5) is 5.69 Å². The van der Waals surface area contributed by atoms with Gasteiger partial charge >= 0.3 is 0 Å². The fourth-order valence-corrected chi connectivity index (χ4v) is 3.75. The van der Waals surface area contributed by atoms with Crippen LogP contribution in [0.15, 0.2) is 58.2 Å². The van der Waals surface area contributed by atoms with E-state index in [9.17, 15) is 4.79 Å². The molecule has 8 heteroatoms. The lowest BCUT2D eigenvalue weighted by Gasteiger charge is -2.08. The zero-order valence-corrected chi connectivity index (χ0v) is 18.1. The molecule has 0 saturated heterocycles. The molecule has 3 aromatic rings. The lowest BCUT2D eigenvalue weighted by molar-refractivity contribution is -0.113. The standard InChI is InChI=1S/C20H21BrN4O2S/c1-3-25-18(12-14-4-10-17(27-2)11-5-14)23-24-20(25)28-13-19(26)22-16-8-6-15(21)7-9-16/h4-11H,3,12-13H2,1-2H3,(H,22,26). The van der Waals surface area contributed by atoms with E-state index in [1.807, 2.05) is 60.0 Å². The molecule has 3 rings (SSSR count). The Morgan fingerprint density at radius 2 is 1.86 bits per heavy atom. The first-order valence-electron chi connectivity index (χ1n) is 8.82. The van der Waals surface area contributed by atoms with Crippen LogP contribution in [0.5, 0.6) is 5.75 Å². The highest BCUT2D eigenvalue weighted by Gasteiger charge is 2.14. The third kappa shape index (κ3) is 5.36. The zero-order valence-electron chi connectivity index (χ0n) is 15.7. The van der Waals surface area contributed by atoms with Gasteiger partial charge in [-0.25, -0.2) is 0 Å². The van der Waals surface area contributed by atoms with Crippen molar-refractivity contribution in [3.63, 3.8) is 0 Å². The number of carbonyl (C=O) groups excluding carboxylic acids is 1. The second kappa shape index (κ2) is 9.75. The van der Waals surface area contributed by atoms with Gasteiger partial charge in [-0.05, 0) is 48.9 Å². The van der Waals surface area contributed by atoms with Crippen molar-refractivity contribution in [2.45, 2.75) is 25.0 Å². The summed E-state index contributed by atoms with van der Waals surface area (Å²) >= 11 is 4.77. The molecule has 1 heterocycles. The Morgan fingerprint density at radius 1 is 1.14 bits per heavy atom. The number of anilines is 1. The number of amides is 1. The monoisotopic (exact) mass is 460 g/mol. The van der Waals surface area contributed by atoms with Gasteiger partial charge in [0.2, 0.25) is 5.91 Å². The zero-order chi connectivity index (χ0) is 19.9. The van der Waals surface area contributed by atoms with Gasteiger partial charge in [0.25, 0.3) is 0 Å². The van der Waals surface area contributed by atoms with Gasteiger partial charge in [0.1, 0.15) is 11.6 Å². The molecule has 1 N–H and O–H groups in total. The highest BCUT2D eigenvalue weighted by molar-refractivity contribution is 9.10. The van der Waals surface area contributed by atoms with Gasteiger partial charge < -0.3 is 14.6 Å². The molecule has 0 aliphatic heterocycles. The van der Waals surface area contributed by atoms with Crippen LogP contribution in [-0.2, 0) is 17.8 Å². The van der Waals surface area contributed by atoms with Crippen molar-refractivity contribution in [1.29, 1.82) is 0 Å². The van der Waals surface area contributed by atoms with Crippen molar-refractivity contribution in [1.82, 2.24) is 14.8 Å². The van der Waals surface area contributed by atoms with E-state index in [0.29, 0.717) is 6.42 Å². The van der Waals surface area contributed by atoms with Crippen LogP contribution in [0.2, 0.25) is 0 Å². The van der Waals surface area contributed by atoms with Crippen LogP contribution in [0, 0.1) is 0 Å². The molecule has 0 unspecified atom stereocenters. The summed E-state index contributed by atoms with van der Waals surface area (Å²) in [6, 6.07) is 15.4. The second-order valence-electron chi connectivity index (χ2n) is 6.01. The van der Waals surface area contributed by atoms with Gasteiger partial charge in [-0.3, -0.25) is 4.79 Å². The summed E-state index contributed by atoms with van der Waals surface area (Å²) < 4.78 is 8.21. The number of hydrogen-bond acceptors (Lipinski definition) is 5. The first kappa shape index (κ1) is 20.4. The van der Waals surface area contributed by atoms with Crippen LogP contribution in [0.1, 0.15) is 18.3 Å². The Kier molecular flexibility index (Phi) is 7.11. The van der Waals surface area contributed by atoms with Crippen LogP contribution in [0.3, 0.4) is 0 Å².